The van der Waals surface area contributed by atoms with Crippen LogP contribution in [-0.2, 0) is 0 Å². The average molecular weight is 381 g/mol. The van der Waals surface area contributed by atoms with Crippen LogP contribution in [0.1, 0.15) is 142 Å². The Bertz CT molecular complexity index is 293. The first-order valence-electron chi connectivity index (χ1n) is 13.2. The number of hydrogen-bond donors (Lipinski definition) is 0. The summed E-state index contributed by atoms with van der Waals surface area (Å²) in [5, 5.41) is 0. The first-order chi connectivity index (χ1) is 13.3. The molecule has 1 aliphatic rings. The molecule has 0 bridgehead atoms. The topological polar surface area (TPSA) is 0 Å². The minimum Gasteiger partial charge on any atom is -0.324 e. The highest BCUT2D eigenvalue weighted by Crippen LogP contribution is 2.22. The Morgan fingerprint density at radius 2 is 0.778 bits per heavy atom. The quantitative estimate of drug-likeness (QED) is 0.146. The van der Waals surface area contributed by atoms with E-state index in [1.165, 1.54) is 159 Å². The molecule has 0 aromatic heterocycles. The molecule has 0 amide bonds. The van der Waals surface area contributed by atoms with Crippen LogP contribution in [0.25, 0.3) is 0 Å². The molecule has 0 spiro atoms. The molecule has 1 rings (SSSR count). The Morgan fingerprint density at radius 3 is 1.15 bits per heavy atom. The molecule has 1 heteroatoms. The molecular formula is C26H54N+. The molecule has 0 saturated carbocycles. The van der Waals surface area contributed by atoms with Gasteiger partial charge in [-0.3, -0.25) is 0 Å². The van der Waals surface area contributed by atoms with E-state index in [-0.39, 0.29) is 0 Å². The summed E-state index contributed by atoms with van der Waals surface area (Å²) in [7, 11) is 0. The van der Waals surface area contributed by atoms with E-state index in [0.29, 0.717) is 0 Å². The minimum atomic E-state index is 1.37. The molecule has 1 nitrogen and oxygen atoms in total. The van der Waals surface area contributed by atoms with E-state index in [1.54, 1.807) is 0 Å². The Morgan fingerprint density at radius 1 is 0.407 bits per heavy atom. The molecule has 0 aromatic rings. The highest BCUT2D eigenvalue weighted by Gasteiger charge is 2.29. The van der Waals surface area contributed by atoms with E-state index in [4.69, 9.17) is 0 Å². The normalized spacial score (nSPS) is 16.2. The van der Waals surface area contributed by atoms with Gasteiger partial charge in [0.25, 0.3) is 0 Å². The van der Waals surface area contributed by atoms with Gasteiger partial charge in [0.2, 0.25) is 0 Å². The molecule has 1 aliphatic heterocycles. The number of rotatable bonds is 20. The second-order valence-corrected chi connectivity index (χ2v) is 9.60. The summed E-state index contributed by atoms with van der Waals surface area (Å²) in [6, 6.07) is 0. The highest BCUT2D eigenvalue weighted by molar-refractivity contribution is 4.56. The SMILES string of the molecule is CCCCCCCCCCCCCCCCCCC[N+]1(CCC)CCCC1. The van der Waals surface area contributed by atoms with Crippen molar-refractivity contribution < 1.29 is 4.48 Å². The number of unbranched alkanes of at least 4 members (excludes halogenated alkanes) is 16. The van der Waals surface area contributed by atoms with E-state index in [2.05, 4.69) is 13.8 Å². The van der Waals surface area contributed by atoms with E-state index < -0.39 is 0 Å². The van der Waals surface area contributed by atoms with Gasteiger partial charge >= 0.3 is 0 Å². The van der Waals surface area contributed by atoms with Crippen molar-refractivity contribution in [1.82, 2.24) is 0 Å². The molecule has 0 radical (unpaired) electrons. The van der Waals surface area contributed by atoms with Gasteiger partial charge < -0.3 is 4.48 Å². The van der Waals surface area contributed by atoms with Crippen LogP contribution in [0.4, 0.5) is 0 Å². The van der Waals surface area contributed by atoms with E-state index in [0.717, 1.165) is 0 Å². The maximum atomic E-state index is 2.37. The van der Waals surface area contributed by atoms with Crippen LogP contribution in [0.3, 0.4) is 0 Å². The van der Waals surface area contributed by atoms with Gasteiger partial charge in [-0.05, 0) is 19.3 Å². The molecule has 1 heterocycles. The predicted octanol–water partition coefficient (Wildman–Crippen LogP) is 8.66. The van der Waals surface area contributed by atoms with Crippen molar-refractivity contribution in [1.29, 1.82) is 0 Å². The zero-order valence-electron chi connectivity index (χ0n) is 19.4. The lowest BCUT2D eigenvalue weighted by molar-refractivity contribution is -0.917. The lowest BCUT2D eigenvalue weighted by Gasteiger charge is -2.34. The molecule has 0 aliphatic carbocycles. The summed E-state index contributed by atoms with van der Waals surface area (Å²) in [6.45, 7) is 10.6. The van der Waals surface area contributed by atoms with Crippen molar-refractivity contribution in [3.63, 3.8) is 0 Å². The van der Waals surface area contributed by atoms with Gasteiger partial charge in [0.05, 0.1) is 26.2 Å². The maximum absolute atomic E-state index is 2.37. The third-order valence-electron chi connectivity index (χ3n) is 6.95. The maximum Gasteiger partial charge on any atom is 0.0788 e. The van der Waals surface area contributed by atoms with Crippen molar-refractivity contribution in [2.75, 3.05) is 26.2 Å². The largest absolute Gasteiger partial charge is 0.324 e. The van der Waals surface area contributed by atoms with Crippen molar-refractivity contribution in [3.05, 3.63) is 0 Å². The Balaban J connectivity index is 1.75. The van der Waals surface area contributed by atoms with Crippen LogP contribution in [-0.4, -0.2) is 30.7 Å². The van der Waals surface area contributed by atoms with Gasteiger partial charge in [0.1, 0.15) is 0 Å². The Hall–Kier alpha value is -0.0400. The molecule has 27 heavy (non-hydrogen) atoms. The number of nitrogens with zero attached hydrogens (tertiary/aromatic N) is 1. The second kappa shape index (κ2) is 18.0. The lowest BCUT2D eigenvalue weighted by Crippen LogP contribution is -2.46. The molecule has 1 fully saturated rings. The van der Waals surface area contributed by atoms with Crippen molar-refractivity contribution in [2.24, 2.45) is 0 Å². The minimum absolute atomic E-state index is 1.37. The monoisotopic (exact) mass is 380 g/mol. The first kappa shape index (κ1) is 25.0. The van der Waals surface area contributed by atoms with Crippen LogP contribution in [0.5, 0.6) is 0 Å². The fourth-order valence-electron chi connectivity index (χ4n) is 5.21. The number of likely N-dealkylation sites (tertiary alicyclic amines) is 1. The fourth-order valence-corrected chi connectivity index (χ4v) is 5.21. The average Bonchev–Trinajstić information content (AvgIpc) is 3.13. The summed E-state index contributed by atoms with van der Waals surface area (Å²) in [6.07, 6.45) is 29.5. The van der Waals surface area contributed by atoms with E-state index in [1.807, 2.05) is 0 Å². The molecule has 1 saturated heterocycles. The highest BCUT2D eigenvalue weighted by atomic mass is 15.4. The number of hydrogen-bond acceptors (Lipinski definition) is 0. The Kier molecular flexibility index (Phi) is 16.7. The standard InChI is InChI=1S/C26H54N/c1-3-5-6-7-8-9-10-11-12-13-14-15-16-17-18-19-20-24-27(23-4-2)25-21-22-26-27/h3-26H2,1-2H3/q+1. The third kappa shape index (κ3) is 13.7. The smallest absolute Gasteiger partial charge is 0.0788 e. The molecule has 0 atom stereocenters. The molecular weight excluding hydrogens is 326 g/mol. The second-order valence-electron chi connectivity index (χ2n) is 9.60. The predicted molar refractivity (Wildman–Crippen MR) is 123 cm³/mol. The number of quaternary nitrogens is 1. The summed E-state index contributed by atoms with van der Waals surface area (Å²) in [4.78, 5) is 0. The molecule has 0 aromatic carbocycles. The molecule has 0 unspecified atom stereocenters. The fraction of sp³-hybridized carbons (Fsp3) is 1.00. The van der Waals surface area contributed by atoms with Crippen molar-refractivity contribution in [2.45, 2.75) is 142 Å². The lowest BCUT2D eigenvalue weighted by atomic mass is 10.0. The first-order valence-corrected chi connectivity index (χ1v) is 13.2. The van der Waals surface area contributed by atoms with Crippen LogP contribution >= 0.6 is 0 Å². The van der Waals surface area contributed by atoms with Gasteiger partial charge in [-0.25, -0.2) is 0 Å². The third-order valence-corrected chi connectivity index (χ3v) is 6.95. The summed E-state index contributed by atoms with van der Waals surface area (Å²) in [5.74, 6) is 0. The van der Waals surface area contributed by atoms with E-state index >= 15 is 0 Å². The zero-order valence-corrected chi connectivity index (χ0v) is 19.4. The van der Waals surface area contributed by atoms with Gasteiger partial charge in [-0.2, -0.15) is 0 Å². The van der Waals surface area contributed by atoms with Gasteiger partial charge in [-0.15, -0.1) is 0 Å². The van der Waals surface area contributed by atoms with Gasteiger partial charge in [0.15, 0.2) is 0 Å². The zero-order chi connectivity index (χ0) is 19.5. The van der Waals surface area contributed by atoms with Crippen LogP contribution in [0.2, 0.25) is 0 Å². The van der Waals surface area contributed by atoms with Gasteiger partial charge in [-0.1, -0.05) is 110 Å². The summed E-state index contributed by atoms with van der Waals surface area (Å²) < 4.78 is 1.47. The van der Waals surface area contributed by atoms with Crippen LogP contribution in [0, 0.1) is 0 Å². The van der Waals surface area contributed by atoms with E-state index in [9.17, 15) is 0 Å². The van der Waals surface area contributed by atoms with Crippen LogP contribution < -0.4 is 0 Å². The van der Waals surface area contributed by atoms with Crippen molar-refractivity contribution >= 4 is 0 Å². The van der Waals surface area contributed by atoms with Crippen molar-refractivity contribution in [3.8, 4) is 0 Å². The van der Waals surface area contributed by atoms with Gasteiger partial charge in [0, 0.05) is 12.8 Å². The summed E-state index contributed by atoms with van der Waals surface area (Å²) >= 11 is 0. The van der Waals surface area contributed by atoms with Crippen LogP contribution in [0.15, 0.2) is 0 Å². The molecule has 162 valence electrons. The molecule has 0 N–H and O–H groups in total. The summed E-state index contributed by atoms with van der Waals surface area (Å²) in [5.41, 5.74) is 0. The Labute approximate surface area is 173 Å².